The molecule has 5 nitrogen and oxygen atoms in total. The number of nitrogens with zero attached hydrogens (tertiary/aromatic N) is 2. The molecule has 2 heterocycles. The first kappa shape index (κ1) is 14.8. The Bertz CT molecular complexity index is 630. The SMILES string of the molecule is Cc1c(N)cccc1S(=O)(=O)N1CCCN2CCCC2C1. The summed E-state index contributed by atoms with van der Waals surface area (Å²) >= 11 is 0. The van der Waals surface area contributed by atoms with Crippen LogP contribution in [0.4, 0.5) is 5.69 Å². The van der Waals surface area contributed by atoms with E-state index in [2.05, 4.69) is 4.90 Å². The molecule has 21 heavy (non-hydrogen) atoms. The summed E-state index contributed by atoms with van der Waals surface area (Å²) in [6.45, 7) is 5.10. The summed E-state index contributed by atoms with van der Waals surface area (Å²) in [6, 6.07) is 5.51. The van der Waals surface area contributed by atoms with Crippen molar-refractivity contribution in [1.82, 2.24) is 9.21 Å². The summed E-state index contributed by atoms with van der Waals surface area (Å²) in [4.78, 5) is 2.79. The Morgan fingerprint density at radius 3 is 2.76 bits per heavy atom. The van der Waals surface area contributed by atoms with E-state index in [-0.39, 0.29) is 0 Å². The lowest BCUT2D eigenvalue weighted by atomic mass is 10.2. The summed E-state index contributed by atoms with van der Waals surface area (Å²) in [7, 11) is -3.45. The highest BCUT2D eigenvalue weighted by molar-refractivity contribution is 7.89. The molecule has 116 valence electrons. The molecule has 2 N–H and O–H groups in total. The van der Waals surface area contributed by atoms with Crippen molar-refractivity contribution in [2.75, 3.05) is 31.9 Å². The molecule has 0 spiro atoms. The molecule has 0 aromatic heterocycles. The fourth-order valence-corrected chi connectivity index (χ4v) is 5.21. The summed E-state index contributed by atoms with van der Waals surface area (Å²) in [5.74, 6) is 0. The average molecular weight is 309 g/mol. The van der Waals surface area contributed by atoms with Gasteiger partial charge in [-0.15, -0.1) is 0 Å². The molecule has 1 unspecified atom stereocenters. The molecule has 2 aliphatic rings. The van der Waals surface area contributed by atoms with Gasteiger partial charge in [0.15, 0.2) is 0 Å². The lowest BCUT2D eigenvalue weighted by Crippen LogP contribution is -2.39. The standard InChI is InChI=1S/C15H23N3O2S/c1-12-14(16)6-2-7-15(12)21(19,20)18-10-4-9-17-8-3-5-13(17)11-18/h2,6-7,13H,3-5,8-11,16H2,1H3. The van der Waals surface area contributed by atoms with Gasteiger partial charge >= 0.3 is 0 Å². The third kappa shape index (κ3) is 2.67. The third-order valence-electron chi connectivity index (χ3n) is 4.71. The van der Waals surface area contributed by atoms with Gasteiger partial charge in [0.05, 0.1) is 4.90 Å². The van der Waals surface area contributed by atoms with Gasteiger partial charge in [-0.2, -0.15) is 4.31 Å². The number of fused-ring (bicyclic) bond motifs is 1. The monoisotopic (exact) mass is 309 g/mol. The Balaban J connectivity index is 1.92. The molecule has 0 radical (unpaired) electrons. The van der Waals surface area contributed by atoms with Crippen molar-refractivity contribution in [2.45, 2.75) is 37.1 Å². The van der Waals surface area contributed by atoms with Crippen molar-refractivity contribution in [3.05, 3.63) is 23.8 Å². The quantitative estimate of drug-likeness (QED) is 0.840. The number of nitrogens with two attached hydrogens (primary N) is 1. The molecular formula is C15H23N3O2S. The topological polar surface area (TPSA) is 66.6 Å². The Morgan fingerprint density at radius 2 is 1.95 bits per heavy atom. The van der Waals surface area contributed by atoms with E-state index in [1.807, 2.05) is 0 Å². The predicted octanol–water partition coefficient (Wildman–Crippen LogP) is 1.44. The van der Waals surface area contributed by atoms with E-state index in [1.54, 1.807) is 29.4 Å². The van der Waals surface area contributed by atoms with Gasteiger partial charge in [0.2, 0.25) is 10.0 Å². The van der Waals surface area contributed by atoms with Crippen LogP contribution >= 0.6 is 0 Å². The number of benzene rings is 1. The van der Waals surface area contributed by atoms with E-state index in [9.17, 15) is 8.42 Å². The normalized spacial score (nSPS) is 24.7. The first-order chi connectivity index (χ1) is 10.00. The Morgan fingerprint density at radius 1 is 1.19 bits per heavy atom. The van der Waals surface area contributed by atoms with Gasteiger partial charge in [0, 0.05) is 24.8 Å². The van der Waals surface area contributed by atoms with E-state index in [0.29, 0.717) is 35.3 Å². The molecule has 1 aromatic rings. The number of nitrogen functional groups attached to an aromatic ring is 1. The molecule has 1 atom stereocenters. The van der Waals surface area contributed by atoms with E-state index >= 15 is 0 Å². The van der Waals surface area contributed by atoms with Gasteiger partial charge in [-0.3, -0.25) is 4.90 Å². The maximum absolute atomic E-state index is 13.0. The van der Waals surface area contributed by atoms with Crippen molar-refractivity contribution in [1.29, 1.82) is 0 Å². The second kappa shape index (κ2) is 5.59. The number of anilines is 1. The largest absolute Gasteiger partial charge is 0.398 e. The Kier molecular flexibility index (Phi) is 3.94. The van der Waals surface area contributed by atoms with Crippen LogP contribution in [-0.2, 0) is 10.0 Å². The zero-order chi connectivity index (χ0) is 15.0. The highest BCUT2D eigenvalue weighted by Crippen LogP contribution is 2.28. The minimum atomic E-state index is -3.45. The fourth-order valence-electron chi connectivity index (χ4n) is 3.44. The maximum atomic E-state index is 13.0. The number of hydrogen-bond acceptors (Lipinski definition) is 4. The van der Waals surface area contributed by atoms with Crippen LogP contribution in [0, 0.1) is 6.92 Å². The summed E-state index contributed by atoms with van der Waals surface area (Å²) in [5, 5.41) is 0. The summed E-state index contributed by atoms with van der Waals surface area (Å²) in [5.41, 5.74) is 7.07. The molecule has 1 aromatic carbocycles. The van der Waals surface area contributed by atoms with Crippen LogP contribution in [0.25, 0.3) is 0 Å². The second-order valence-electron chi connectivity index (χ2n) is 6.02. The van der Waals surface area contributed by atoms with E-state index in [1.165, 1.54) is 6.42 Å². The molecule has 0 aliphatic carbocycles. The Labute approximate surface area is 126 Å². The Hall–Kier alpha value is -1.11. The third-order valence-corrected chi connectivity index (χ3v) is 6.72. The van der Waals surface area contributed by atoms with Crippen LogP contribution in [-0.4, -0.2) is 49.8 Å². The van der Waals surface area contributed by atoms with Crippen molar-refractivity contribution in [2.24, 2.45) is 0 Å². The molecule has 2 fully saturated rings. The minimum absolute atomic E-state index is 0.356. The van der Waals surface area contributed by atoms with Crippen molar-refractivity contribution >= 4 is 15.7 Å². The van der Waals surface area contributed by atoms with Crippen LogP contribution in [0.3, 0.4) is 0 Å². The van der Waals surface area contributed by atoms with Crippen molar-refractivity contribution in [3.63, 3.8) is 0 Å². The van der Waals surface area contributed by atoms with E-state index < -0.39 is 10.0 Å². The second-order valence-corrected chi connectivity index (χ2v) is 7.93. The van der Waals surface area contributed by atoms with E-state index in [0.717, 1.165) is 25.9 Å². The average Bonchev–Trinajstić information content (AvgIpc) is 2.78. The molecule has 0 amide bonds. The molecule has 2 saturated heterocycles. The summed E-state index contributed by atoms with van der Waals surface area (Å²) in [6.07, 6.45) is 3.18. The van der Waals surface area contributed by atoms with Crippen molar-refractivity contribution < 1.29 is 8.42 Å². The van der Waals surface area contributed by atoms with Gasteiger partial charge in [-0.25, -0.2) is 8.42 Å². The van der Waals surface area contributed by atoms with Gasteiger partial charge in [0.25, 0.3) is 0 Å². The predicted molar refractivity (Wildman–Crippen MR) is 83.6 cm³/mol. The number of hydrogen-bond donors (Lipinski definition) is 1. The molecular weight excluding hydrogens is 286 g/mol. The van der Waals surface area contributed by atoms with Crippen molar-refractivity contribution in [3.8, 4) is 0 Å². The highest BCUT2D eigenvalue weighted by Gasteiger charge is 2.34. The maximum Gasteiger partial charge on any atom is 0.243 e. The van der Waals surface area contributed by atoms with Gasteiger partial charge in [-0.1, -0.05) is 6.07 Å². The fraction of sp³-hybridized carbons (Fsp3) is 0.600. The van der Waals surface area contributed by atoms with Gasteiger partial charge < -0.3 is 5.73 Å². The zero-order valence-electron chi connectivity index (χ0n) is 12.5. The lowest BCUT2D eigenvalue weighted by Gasteiger charge is -2.26. The first-order valence-electron chi connectivity index (χ1n) is 7.59. The highest BCUT2D eigenvalue weighted by atomic mass is 32.2. The molecule has 0 saturated carbocycles. The minimum Gasteiger partial charge on any atom is -0.398 e. The smallest absolute Gasteiger partial charge is 0.243 e. The zero-order valence-corrected chi connectivity index (χ0v) is 13.3. The van der Waals surface area contributed by atoms with Crippen LogP contribution in [0.5, 0.6) is 0 Å². The lowest BCUT2D eigenvalue weighted by molar-refractivity contribution is 0.257. The van der Waals surface area contributed by atoms with E-state index in [4.69, 9.17) is 5.73 Å². The molecule has 0 bridgehead atoms. The molecule has 2 aliphatic heterocycles. The van der Waals surface area contributed by atoms with Gasteiger partial charge in [0.1, 0.15) is 0 Å². The number of rotatable bonds is 2. The molecule has 6 heteroatoms. The van der Waals surface area contributed by atoms with Gasteiger partial charge in [-0.05, 0) is 57.0 Å². The van der Waals surface area contributed by atoms with Crippen LogP contribution in [0.1, 0.15) is 24.8 Å². The van der Waals surface area contributed by atoms with Crippen LogP contribution in [0.2, 0.25) is 0 Å². The first-order valence-corrected chi connectivity index (χ1v) is 9.03. The summed E-state index contributed by atoms with van der Waals surface area (Å²) < 4.78 is 27.6. The molecule has 3 rings (SSSR count). The van der Waals surface area contributed by atoms with Crippen LogP contribution in [0.15, 0.2) is 23.1 Å². The van der Waals surface area contributed by atoms with Crippen LogP contribution < -0.4 is 5.73 Å². The number of sulfonamides is 1.